The first kappa shape index (κ1) is 71.4. The molecular formula is C57H86N13O16PS. The number of phosphoric acid groups is 1. The van der Waals surface area contributed by atoms with Crippen LogP contribution in [-0.4, -0.2) is 176 Å². The summed E-state index contributed by atoms with van der Waals surface area (Å²) in [7, 11) is -5.38. The molecular weight excluding hydrogens is 1190 g/mol. The Labute approximate surface area is 514 Å². The first-order valence-corrected chi connectivity index (χ1v) is 32.0. The van der Waals surface area contributed by atoms with Gasteiger partial charge in [0.05, 0.1) is 18.2 Å². The molecule has 2 aromatic rings. The summed E-state index contributed by atoms with van der Waals surface area (Å²) in [6.07, 6.45) is 1.49. The number of rotatable bonds is 33. The Hall–Kier alpha value is -7.40. The molecule has 0 aliphatic carbocycles. The van der Waals surface area contributed by atoms with Gasteiger partial charge in [-0.25, -0.2) is 9.36 Å². The number of likely N-dealkylation sites (tertiary alicyclic amines) is 1. The van der Waals surface area contributed by atoms with Gasteiger partial charge in [0.25, 0.3) is 0 Å². The molecule has 3 aliphatic heterocycles. The van der Waals surface area contributed by atoms with Crippen molar-refractivity contribution < 1.29 is 76.4 Å². The van der Waals surface area contributed by atoms with E-state index in [-0.39, 0.29) is 69.1 Å². The van der Waals surface area contributed by atoms with Crippen LogP contribution in [0, 0.1) is 5.41 Å². The van der Waals surface area contributed by atoms with Gasteiger partial charge in [0, 0.05) is 50.3 Å². The van der Waals surface area contributed by atoms with Crippen molar-refractivity contribution in [2.75, 3.05) is 18.8 Å². The molecule has 0 unspecified atom stereocenters. The third kappa shape index (κ3) is 22.0. The average Bonchev–Trinajstić information content (AvgIpc) is 2.22. The maximum atomic E-state index is 14.7. The smallest absolute Gasteiger partial charge is 0.370 e. The van der Waals surface area contributed by atoms with E-state index < -0.39 is 127 Å². The monoisotopic (exact) mass is 1270 g/mol. The van der Waals surface area contributed by atoms with Crippen LogP contribution in [0.4, 0.5) is 4.79 Å². The lowest BCUT2D eigenvalue weighted by Crippen LogP contribution is -2.62. The van der Waals surface area contributed by atoms with E-state index in [2.05, 4.69) is 53.2 Å². The van der Waals surface area contributed by atoms with E-state index in [9.17, 15) is 71.9 Å². The predicted molar refractivity (Wildman–Crippen MR) is 323 cm³/mol. The maximum absolute atomic E-state index is 14.7. The fourth-order valence-corrected chi connectivity index (χ4v) is 12.7. The highest BCUT2D eigenvalue weighted by atomic mass is 32.2. The summed E-state index contributed by atoms with van der Waals surface area (Å²) in [6.45, 7) is 10.0. The molecule has 3 heterocycles. The molecule has 0 saturated carbocycles. The molecule has 29 nitrogen and oxygen atoms in total. The van der Waals surface area contributed by atoms with Crippen LogP contribution < -0.4 is 64.6 Å². The predicted octanol–water partition coefficient (Wildman–Crippen LogP) is -0.866. The second-order valence-electron chi connectivity index (χ2n) is 23.6. The highest BCUT2D eigenvalue weighted by Gasteiger charge is 2.45. The van der Waals surface area contributed by atoms with Crippen LogP contribution in [-0.2, 0) is 68.2 Å². The van der Waals surface area contributed by atoms with Crippen molar-refractivity contribution in [1.82, 2.24) is 58.1 Å². The molecule has 0 bridgehead atoms. The van der Waals surface area contributed by atoms with E-state index in [1.807, 2.05) is 30.0 Å². The second-order valence-corrected chi connectivity index (χ2v) is 26.1. The second kappa shape index (κ2) is 32.7. The lowest BCUT2D eigenvalue weighted by molar-refractivity contribution is -0.145. The van der Waals surface area contributed by atoms with Crippen LogP contribution in [0.1, 0.15) is 125 Å². The summed E-state index contributed by atoms with van der Waals surface area (Å²) in [4.78, 5) is 179. The van der Waals surface area contributed by atoms with E-state index in [0.717, 1.165) is 41.2 Å². The highest BCUT2D eigenvalue weighted by molar-refractivity contribution is 8.00. The number of carbonyl (C=O) groups excluding carboxylic acids is 12. The number of unbranched alkanes of at least 4 members (excludes halogenated alkanes) is 2. The van der Waals surface area contributed by atoms with E-state index in [1.54, 1.807) is 45.0 Å². The van der Waals surface area contributed by atoms with Gasteiger partial charge in [-0.2, -0.15) is 11.8 Å². The zero-order valence-electron chi connectivity index (χ0n) is 50.6. The van der Waals surface area contributed by atoms with Crippen LogP contribution >= 0.6 is 19.6 Å². The zero-order chi connectivity index (χ0) is 65.2. The van der Waals surface area contributed by atoms with Gasteiger partial charge >= 0.3 is 13.9 Å². The van der Waals surface area contributed by atoms with E-state index in [0.29, 0.717) is 43.0 Å². The van der Waals surface area contributed by atoms with Gasteiger partial charge in [-0.05, 0) is 93.9 Å². The van der Waals surface area contributed by atoms with Gasteiger partial charge in [-0.3, -0.25) is 57.3 Å². The number of carbonyl (C=O) groups is 12. The minimum atomic E-state index is -5.38. The molecule has 3 saturated heterocycles. The zero-order valence-corrected chi connectivity index (χ0v) is 52.4. The first-order valence-electron chi connectivity index (χ1n) is 29.5. The SMILES string of the molecule is CC(=O)N[C@@H](CCCCNC(=O)CCCC[C@@H]1SC[C@@H]2NC(=O)N[C@@H]21)C(=O)N[C@@H](C)C(=O)N[C@@H](C)C(=O)N[C@@H](Cc1ccc2ccccc2c1)C(=O)N[C@H](C(=O)N1CCC[C@H]1C(=O)N[C@H](C(=O)N[C@@H](CCC(N)=O)C(N)=O)C(C)(C)C)[C@H](C)OP(=O)(O)O. The summed E-state index contributed by atoms with van der Waals surface area (Å²) in [5.74, 6) is -7.70. The summed E-state index contributed by atoms with van der Waals surface area (Å²) in [6, 6.07) is 1.38. The first-order chi connectivity index (χ1) is 41.3. The van der Waals surface area contributed by atoms with Crippen LogP contribution in [0.25, 0.3) is 10.8 Å². The Balaban J connectivity index is 1.23. The molecule has 16 N–H and O–H groups in total. The van der Waals surface area contributed by atoms with Gasteiger partial charge in [0.1, 0.15) is 48.3 Å². The third-order valence-corrected chi connectivity index (χ3v) is 17.5. The number of hydrogen-bond donors (Lipinski definition) is 14. The Morgan fingerprint density at radius 3 is 2.05 bits per heavy atom. The molecule has 486 valence electrons. The Morgan fingerprint density at radius 1 is 0.750 bits per heavy atom. The highest BCUT2D eigenvalue weighted by Crippen LogP contribution is 2.39. The number of urea groups is 1. The molecule has 31 heteroatoms. The molecule has 88 heavy (non-hydrogen) atoms. The molecule has 0 aromatic heterocycles. The molecule has 12 atom stereocenters. The number of thioether (sulfide) groups is 1. The maximum Gasteiger partial charge on any atom is 0.469 e. The summed E-state index contributed by atoms with van der Waals surface area (Å²) in [5, 5.41) is 28.5. The van der Waals surface area contributed by atoms with Gasteiger partial charge in [0.2, 0.25) is 65.0 Å². The quantitative estimate of drug-likeness (QED) is 0.0235. The average molecular weight is 1270 g/mol. The number of primary amides is 2. The molecule has 2 aromatic carbocycles. The largest absolute Gasteiger partial charge is 0.469 e. The summed E-state index contributed by atoms with van der Waals surface area (Å²) < 4.78 is 17.2. The topological polar surface area (TPSA) is 447 Å². The van der Waals surface area contributed by atoms with Crippen molar-refractivity contribution in [2.24, 2.45) is 16.9 Å². The van der Waals surface area contributed by atoms with Crippen molar-refractivity contribution in [3.8, 4) is 0 Å². The number of nitrogens with two attached hydrogens (primary N) is 2. The van der Waals surface area contributed by atoms with Crippen molar-refractivity contribution in [3.05, 3.63) is 48.0 Å². The molecule has 13 amide bonds. The lowest BCUT2D eigenvalue weighted by Gasteiger charge is -2.35. The number of nitrogens with one attached hydrogen (secondary N) is 10. The number of amides is 13. The van der Waals surface area contributed by atoms with Crippen LogP contribution in [0.5, 0.6) is 0 Å². The fourth-order valence-electron chi connectivity index (χ4n) is 10.6. The Bertz CT molecular complexity index is 2950. The number of benzene rings is 2. The van der Waals surface area contributed by atoms with Crippen molar-refractivity contribution >= 4 is 101 Å². The minimum absolute atomic E-state index is 0.0316. The molecule has 0 spiro atoms. The number of hydrogen-bond acceptors (Lipinski definition) is 15. The van der Waals surface area contributed by atoms with Crippen molar-refractivity contribution in [2.45, 2.75) is 197 Å². The van der Waals surface area contributed by atoms with Gasteiger partial charge in [-0.15, -0.1) is 0 Å². The fraction of sp³-hybridized carbons (Fsp3) is 0.614. The number of phosphoric ester groups is 1. The summed E-state index contributed by atoms with van der Waals surface area (Å²) >= 11 is 1.81. The molecule has 3 fully saturated rings. The van der Waals surface area contributed by atoms with E-state index in [4.69, 9.17) is 16.0 Å². The Kier molecular flexibility index (Phi) is 26.5. The number of fused-ring (bicyclic) bond motifs is 2. The van der Waals surface area contributed by atoms with Crippen LogP contribution in [0.2, 0.25) is 0 Å². The van der Waals surface area contributed by atoms with Crippen molar-refractivity contribution in [1.29, 1.82) is 0 Å². The molecule has 3 aliphatic rings. The Morgan fingerprint density at radius 2 is 1.40 bits per heavy atom. The van der Waals surface area contributed by atoms with Crippen LogP contribution in [0.15, 0.2) is 42.5 Å². The minimum Gasteiger partial charge on any atom is -0.370 e. The normalized spacial score (nSPS) is 20.0. The van der Waals surface area contributed by atoms with Gasteiger partial charge < -0.3 is 79.3 Å². The van der Waals surface area contributed by atoms with Crippen molar-refractivity contribution in [3.63, 3.8) is 0 Å². The van der Waals surface area contributed by atoms with Gasteiger partial charge in [0.15, 0.2) is 0 Å². The summed E-state index contributed by atoms with van der Waals surface area (Å²) in [5.41, 5.74) is 10.2. The van der Waals surface area contributed by atoms with E-state index >= 15 is 0 Å². The standard InChI is InChI=1S/C57H86N13O16PS/c1-30(62-51(77)38(63-33(4)71)17-12-13-25-60-44(73)20-11-10-19-42-46-40(29-88-42)66-56(82)68-46)49(75)61-31(2)50(76)65-39(28-34-21-22-35-15-8-9-16-36(35)27-34)52(78)67-45(32(3)86-87(83,84)85)55(81)70-26-14-18-41(70)53(79)69-47(57(5,6)7)54(80)64-37(48(59)74)23-24-43(58)72/h8-9,15-16,21-22,27,30-32,37-42,45-47H,10-14,17-20,23-26,28-29H2,1-7H3,(H2,58,72)(H2,59,74)(H,60,73)(H,61,75)(H,62,77)(H,63,71)(H,64,80)(H,65,76)(H,67,78)(H,69,79)(H2,66,68,82)(H2,83,84,85)/t30-,31-,32-,37-,38-,39-,40-,41-,42-,45-,46-,47+/m0/s1. The molecule has 5 rings (SSSR count). The number of nitrogens with zero attached hydrogens (tertiary/aromatic N) is 1. The van der Waals surface area contributed by atoms with Crippen LogP contribution in [0.3, 0.4) is 0 Å². The third-order valence-electron chi connectivity index (χ3n) is 15.3. The molecule has 0 radical (unpaired) electrons. The lowest BCUT2D eigenvalue weighted by atomic mass is 9.85. The van der Waals surface area contributed by atoms with Gasteiger partial charge in [-0.1, -0.05) is 69.7 Å². The van der Waals surface area contributed by atoms with E-state index in [1.165, 1.54) is 20.8 Å².